The number of aryl methyl sites for hydroxylation is 3. The van der Waals surface area contributed by atoms with Crippen molar-refractivity contribution in [3.05, 3.63) is 41.2 Å². The van der Waals surface area contributed by atoms with Gasteiger partial charge in [-0.25, -0.2) is 9.97 Å². The van der Waals surface area contributed by atoms with Gasteiger partial charge in [-0.15, -0.1) is 0 Å². The van der Waals surface area contributed by atoms with E-state index in [1.54, 1.807) is 0 Å². The maximum atomic E-state index is 5.54. The Hall–Kier alpha value is -2.36. The quantitative estimate of drug-likeness (QED) is 0.757. The van der Waals surface area contributed by atoms with Crippen LogP contribution in [-0.4, -0.2) is 21.6 Å². The summed E-state index contributed by atoms with van der Waals surface area (Å²) in [6.07, 6.45) is 3.80. The third-order valence-electron chi connectivity index (χ3n) is 4.13. The van der Waals surface area contributed by atoms with E-state index >= 15 is 0 Å². The summed E-state index contributed by atoms with van der Waals surface area (Å²) in [6.45, 7) is 8.96. The zero-order chi connectivity index (χ0) is 16.4. The molecule has 120 valence electrons. The Labute approximate surface area is 136 Å². The summed E-state index contributed by atoms with van der Waals surface area (Å²) in [4.78, 5) is 12.9. The SMILES string of the molecule is CCOc1ccc(-c2nc3c(C)c[nH]c3cc2CC)c(CC)n1. The fraction of sp³-hybridized carbons (Fsp3) is 0.368. The summed E-state index contributed by atoms with van der Waals surface area (Å²) in [5, 5.41) is 0. The predicted molar refractivity (Wildman–Crippen MR) is 94.0 cm³/mol. The first kappa shape index (κ1) is 15.5. The Bertz CT molecular complexity index is 836. The van der Waals surface area contributed by atoms with Crippen molar-refractivity contribution >= 4 is 11.0 Å². The molecule has 3 aromatic heterocycles. The van der Waals surface area contributed by atoms with E-state index in [0.717, 1.165) is 40.8 Å². The van der Waals surface area contributed by atoms with Crippen molar-refractivity contribution in [3.8, 4) is 17.1 Å². The zero-order valence-corrected chi connectivity index (χ0v) is 14.2. The molecule has 1 N–H and O–H groups in total. The van der Waals surface area contributed by atoms with Crippen molar-refractivity contribution in [1.82, 2.24) is 15.0 Å². The lowest BCUT2D eigenvalue weighted by molar-refractivity contribution is 0.326. The molecule has 0 spiro atoms. The van der Waals surface area contributed by atoms with Crippen LogP contribution in [0.5, 0.6) is 5.88 Å². The number of hydrogen-bond donors (Lipinski definition) is 1. The van der Waals surface area contributed by atoms with Crippen molar-refractivity contribution < 1.29 is 4.74 Å². The van der Waals surface area contributed by atoms with Crippen LogP contribution >= 0.6 is 0 Å². The average Bonchev–Trinajstić information content (AvgIpc) is 2.94. The van der Waals surface area contributed by atoms with Crippen LogP contribution < -0.4 is 4.74 Å². The molecular weight excluding hydrogens is 286 g/mol. The highest BCUT2D eigenvalue weighted by Crippen LogP contribution is 2.30. The molecule has 0 amide bonds. The van der Waals surface area contributed by atoms with Crippen molar-refractivity contribution in [2.75, 3.05) is 6.61 Å². The molecule has 0 radical (unpaired) electrons. The number of fused-ring (bicyclic) bond motifs is 1. The molecule has 0 aromatic carbocycles. The standard InChI is InChI=1S/C19H23N3O/c1-5-13-10-16-18(12(4)11-20-16)22-19(13)14-8-9-17(23-7-3)21-15(14)6-2/h8-11,20H,5-7H2,1-4H3. The van der Waals surface area contributed by atoms with E-state index in [2.05, 4.69) is 42.9 Å². The first-order valence-electron chi connectivity index (χ1n) is 8.28. The molecule has 0 aliphatic heterocycles. The van der Waals surface area contributed by atoms with Crippen LogP contribution in [0, 0.1) is 6.92 Å². The van der Waals surface area contributed by atoms with Gasteiger partial charge in [0.15, 0.2) is 0 Å². The van der Waals surface area contributed by atoms with Gasteiger partial charge in [0.2, 0.25) is 5.88 Å². The van der Waals surface area contributed by atoms with Gasteiger partial charge in [0.1, 0.15) is 0 Å². The van der Waals surface area contributed by atoms with Crippen molar-refractivity contribution in [3.63, 3.8) is 0 Å². The number of hydrogen-bond acceptors (Lipinski definition) is 3. The fourth-order valence-electron chi connectivity index (χ4n) is 2.92. The normalized spacial score (nSPS) is 11.1. The van der Waals surface area contributed by atoms with Gasteiger partial charge in [0.25, 0.3) is 0 Å². The molecule has 3 aromatic rings. The Morgan fingerprint density at radius 1 is 1.09 bits per heavy atom. The van der Waals surface area contributed by atoms with Crippen molar-refractivity contribution in [2.24, 2.45) is 0 Å². The molecule has 0 aliphatic carbocycles. The zero-order valence-electron chi connectivity index (χ0n) is 14.2. The topological polar surface area (TPSA) is 50.8 Å². The minimum atomic E-state index is 0.627. The second kappa shape index (κ2) is 6.41. The summed E-state index contributed by atoms with van der Waals surface area (Å²) in [7, 11) is 0. The molecule has 0 fully saturated rings. The Kier molecular flexibility index (Phi) is 4.33. The van der Waals surface area contributed by atoms with E-state index in [1.807, 2.05) is 19.2 Å². The predicted octanol–water partition coefficient (Wildman–Crippen LogP) is 4.46. The van der Waals surface area contributed by atoms with Crippen LogP contribution in [0.4, 0.5) is 0 Å². The first-order chi connectivity index (χ1) is 11.2. The van der Waals surface area contributed by atoms with Gasteiger partial charge in [-0.3, -0.25) is 0 Å². The van der Waals surface area contributed by atoms with Crippen LogP contribution in [0.1, 0.15) is 37.6 Å². The third-order valence-corrected chi connectivity index (χ3v) is 4.13. The molecule has 0 unspecified atom stereocenters. The Balaban J connectivity index is 2.20. The number of ether oxygens (including phenoxy) is 1. The Morgan fingerprint density at radius 3 is 2.61 bits per heavy atom. The number of nitrogens with one attached hydrogen (secondary N) is 1. The highest BCUT2D eigenvalue weighted by molar-refractivity contribution is 5.83. The monoisotopic (exact) mass is 309 g/mol. The van der Waals surface area contributed by atoms with E-state index in [9.17, 15) is 0 Å². The fourth-order valence-corrected chi connectivity index (χ4v) is 2.92. The molecule has 3 rings (SSSR count). The minimum absolute atomic E-state index is 0.627. The van der Waals surface area contributed by atoms with E-state index < -0.39 is 0 Å². The van der Waals surface area contributed by atoms with Gasteiger partial charge in [0, 0.05) is 17.8 Å². The molecule has 0 saturated carbocycles. The molecule has 23 heavy (non-hydrogen) atoms. The van der Waals surface area contributed by atoms with Gasteiger partial charge in [0.05, 0.1) is 29.0 Å². The van der Waals surface area contributed by atoms with Gasteiger partial charge < -0.3 is 9.72 Å². The average molecular weight is 309 g/mol. The summed E-state index contributed by atoms with van der Waals surface area (Å²) < 4.78 is 5.54. The van der Waals surface area contributed by atoms with Crippen LogP contribution in [0.3, 0.4) is 0 Å². The highest BCUT2D eigenvalue weighted by Gasteiger charge is 2.15. The van der Waals surface area contributed by atoms with Gasteiger partial charge in [-0.05, 0) is 49.9 Å². The lowest BCUT2D eigenvalue weighted by Crippen LogP contribution is -2.01. The lowest BCUT2D eigenvalue weighted by atomic mass is 10.0. The second-order valence-corrected chi connectivity index (χ2v) is 5.65. The number of rotatable bonds is 5. The minimum Gasteiger partial charge on any atom is -0.478 e. The molecule has 0 bridgehead atoms. The maximum Gasteiger partial charge on any atom is 0.213 e. The van der Waals surface area contributed by atoms with Gasteiger partial charge in [-0.2, -0.15) is 0 Å². The summed E-state index contributed by atoms with van der Waals surface area (Å²) >= 11 is 0. The number of aromatic amines is 1. The van der Waals surface area contributed by atoms with Crippen molar-refractivity contribution in [1.29, 1.82) is 0 Å². The number of aromatic nitrogens is 3. The van der Waals surface area contributed by atoms with Crippen LogP contribution in [0.2, 0.25) is 0 Å². The molecule has 0 atom stereocenters. The molecule has 0 saturated heterocycles. The van der Waals surface area contributed by atoms with Gasteiger partial charge >= 0.3 is 0 Å². The largest absolute Gasteiger partial charge is 0.478 e. The van der Waals surface area contributed by atoms with E-state index in [4.69, 9.17) is 9.72 Å². The van der Waals surface area contributed by atoms with Crippen LogP contribution in [-0.2, 0) is 12.8 Å². The number of nitrogens with zero attached hydrogens (tertiary/aromatic N) is 2. The highest BCUT2D eigenvalue weighted by atomic mass is 16.5. The summed E-state index contributed by atoms with van der Waals surface area (Å²) in [5.41, 5.74) is 7.71. The van der Waals surface area contributed by atoms with Gasteiger partial charge in [-0.1, -0.05) is 13.8 Å². The maximum absolute atomic E-state index is 5.54. The molecule has 4 heteroatoms. The Morgan fingerprint density at radius 2 is 1.91 bits per heavy atom. The van der Waals surface area contributed by atoms with Crippen molar-refractivity contribution in [2.45, 2.75) is 40.5 Å². The van der Waals surface area contributed by atoms with E-state index in [1.165, 1.54) is 11.1 Å². The second-order valence-electron chi connectivity index (χ2n) is 5.65. The molecular formula is C19H23N3O. The smallest absolute Gasteiger partial charge is 0.213 e. The summed E-state index contributed by atoms with van der Waals surface area (Å²) in [5.74, 6) is 0.685. The molecule has 0 aliphatic rings. The summed E-state index contributed by atoms with van der Waals surface area (Å²) in [6, 6.07) is 6.24. The molecule has 4 nitrogen and oxygen atoms in total. The number of H-pyrrole nitrogens is 1. The first-order valence-corrected chi connectivity index (χ1v) is 8.28. The number of pyridine rings is 2. The lowest BCUT2D eigenvalue weighted by Gasteiger charge is -2.13. The molecule has 3 heterocycles. The van der Waals surface area contributed by atoms with E-state index in [-0.39, 0.29) is 0 Å². The van der Waals surface area contributed by atoms with Crippen LogP contribution in [0.25, 0.3) is 22.3 Å². The third kappa shape index (κ3) is 2.81. The van der Waals surface area contributed by atoms with E-state index in [0.29, 0.717) is 12.5 Å². The van der Waals surface area contributed by atoms with Crippen LogP contribution in [0.15, 0.2) is 24.4 Å².